The van der Waals surface area contributed by atoms with Crippen LogP contribution in [0.1, 0.15) is 45.5 Å². The number of halogens is 4. The number of benzene rings is 1. The lowest BCUT2D eigenvalue weighted by molar-refractivity contribution is -0.325. The predicted molar refractivity (Wildman–Crippen MR) is 129 cm³/mol. The summed E-state index contributed by atoms with van der Waals surface area (Å²) >= 11 is 6.03. The van der Waals surface area contributed by atoms with E-state index in [1.54, 1.807) is 45.2 Å². The first-order valence-corrected chi connectivity index (χ1v) is 12.1. The van der Waals surface area contributed by atoms with Crippen molar-refractivity contribution in [3.63, 3.8) is 0 Å². The number of amides is 1. The smallest absolute Gasteiger partial charge is 0.447 e. The van der Waals surface area contributed by atoms with Crippen molar-refractivity contribution in [2.45, 2.75) is 57.7 Å². The minimum atomic E-state index is -4.77. The SMILES string of the molecule is CC(C)(C)OC(=O)N1CC(Nc2ncc3cc(Cl)ccc3n2)CCC1c1nnc(OCCOC(F)(F)F)o1. The summed E-state index contributed by atoms with van der Waals surface area (Å²) in [6, 6.07) is 4.43. The first-order chi connectivity index (χ1) is 17.9. The van der Waals surface area contributed by atoms with Crippen LogP contribution in [0.25, 0.3) is 10.9 Å². The van der Waals surface area contributed by atoms with E-state index in [0.29, 0.717) is 29.3 Å². The Kier molecular flexibility index (Phi) is 8.11. The summed E-state index contributed by atoms with van der Waals surface area (Å²) in [7, 11) is 0. The number of anilines is 1. The van der Waals surface area contributed by atoms with Crippen LogP contribution in [0.3, 0.4) is 0 Å². The van der Waals surface area contributed by atoms with E-state index in [1.165, 1.54) is 4.90 Å². The van der Waals surface area contributed by atoms with Gasteiger partial charge in [0.2, 0.25) is 11.8 Å². The van der Waals surface area contributed by atoms with Crippen molar-refractivity contribution in [3.05, 3.63) is 35.3 Å². The van der Waals surface area contributed by atoms with Gasteiger partial charge in [-0.1, -0.05) is 16.7 Å². The molecule has 1 aromatic carbocycles. The minimum Gasteiger partial charge on any atom is -0.447 e. The van der Waals surface area contributed by atoms with Crippen LogP contribution in [0.15, 0.2) is 28.8 Å². The van der Waals surface area contributed by atoms with Gasteiger partial charge < -0.3 is 19.2 Å². The fraction of sp³-hybridized carbons (Fsp3) is 0.522. The van der Waals surface area contributed by atoms with Gasteiger partial charge in [0.15, 0.2) is 0 Å². The molecule has 1 aliphatic rings. The largest absolute Gasteiger partial charge is 0.522 e. The minimum absolute atomic E-state index is 0.0693. The van der Waals surface area contributed by atoms with E-state index in [4.69, 9.17) is 25.5 Å². The van der Waals surface area contributed by atoms with E-state index < -0.39 is 37.3 Å². The Morgan fingerprint density at radius 3 is 2.74 bits per heavy atom. The van der Waals surface area contributed by atoms with Gasteiger partial charge in [0.25, 0.3) is 0 Å². The fourth-order valence-corrected chi connectivity index (χ4v) is 4.00. The van der Waals surface area contributed by atoms with E-state index in [9.17, 15) is 18.0 Å². The molecule has 38 heavy (non-hydrogen) atoms. The molecule has 1 saturated heterocycles. The molecule has 4 rings (SSSR count). The molecule has 3 aromatic rings. The molecule has 2 atom stereocenters. The lowest BCUT2D eigenvalue weighted by Crippen LogP contribution is -2.48. The van der Waals surface area contributed by atoms with Crippen molar-refractivity contribution >= 4 is 34.5 Å². The average Bonchev–Trinajstić information content (AvgIpc) is 3.29. The first-order valence-electron chi connectivity index (χ1n) is 11.7. The zero-order valence-corrected chi connectivity index (χ0v) is 21.5. The molecule has 206 valence electrons. The maximum absolute atomic E-state index is 13.1. The van der Waals surface area contributed by atoms with E-state index in [2.05, 4.69) is 30.2 Å². The molecule has 1 amide bonds. The van der Waals surface area contributed by atoms with Gasteiger partial charge in [-0.15, -0.1) is 18.3 Å². The molecule has 0 spiro atoms. The molecule has 0 radical (unpaired) electrons. The van der Waals surface area contributed by atoms with Gasteiger partial charge in [0.05, 0.1) is 12.1 Å². The van der Waals surface area contributed by atoms with Gasteiger partial charge in [-0.25, -0.2) is 14.8 Å². The van der Waals surface area contributed by atoms with Gasteiger partial charge in [0, 0.05) is 29.2 Å². The normalized spacial score (nSPS) is 18.4. The van der Waals surface area contributed by atoms with Crippen molar-refractivity contribution in [3.8, 4) is 6.08 Å². The molecule has 0 saturated carbocycles. The molecule has 15 heteroatoms. The molecule has 3 heterocycles. The molecule has 0 bridgehead atoms. The van der Waals surface area contributed by atoms with E-state index in [1.807, 2.05) is 0 Å². The Bertz CT molecular complexity index is 1270. The Labute approximate surface area is 220 Å². The van der Waals surface area contributed by atoms with E-state index >= 15 is 0 Å². The lowest BCUT2D eigenvalue weighted by atomic mass is 9.98. The lowest BCUT2D eigenvalue weighted by Gasteiger charge is -2.38. The molecular weight excluding hydrogens is 533 g/mol. The highest BCUT2D eigenvalue weighted by molar-refractivity contribution is 6.31. The molecule has 1 N–H and O–H groups in total. The van der Waals surface area contributed by atoms with Gasteiger partial charge in [0.1, 0.15) is 18.2 Å². The highest BCUT2D eigenvalue weighted by Crippen LogP contribution is 2.33. The van der Waals surface area contributed by atoms with Crippen molar-refractivity contribution in [2.75, 3.05) is 25.1 Å². The highest BCUT2D eigenvalue weighted by atomic mass is 35.5. The summed E-state index contributed by atoms with van der Waals surface area (Å²) in [5.41, 5.74) is -0.0459. The summed E-state index contributed by atoms with van der Waals surface area (Å²) in [6.07, 6.45) is -3.03. The number of fused-ring (bicyclic) bond motifs is 1. The Hall–Kier alpha value is -3.39. The van der Waals surface area contributed by atoms with Crippen LogP contribution in [-0.4, -0.2) is 68.9 Å². The van der Waals surface area contributed by atoms with Crippen LogP contribution in [0, 0.1) is 0 Å². The third kappa shape index (κ3) is 7.57. The number of hydrogen-bond acceptors (Lipinski definition) is 10. The summed E-state index contributed by atoms with van der Waals surface area (Å²) in [6.45, 7) is 4.25. The van der Waals surface area contributed by atoms with Crippen LogP contribution in [0.5, 0.6) is 6.08 Å². The molecule has 0 aliphatic carbocycles. The number of nitrogens with zero attached hydrogens (tertiary/aromatic N) is 5. The van der Waals surface area contributed by atoms with Crippen LogP contribution in [0.4, 0.5) is 23.9 Å². The Morgan fingerprint density at radius 2 is 2.00 bits per heavy atom. The number of alkyl halides is 3. The van der Waals surface area contributed by atoms with E-state index in [-0.39, 0.29) is 24.6 Å². The Morgan fingerprint density at radius 1 is 1.21 bits per heavy atom. The first kappa shape index (κ1) is 27.6. The second kappa shape index (κ2) is 11.2. The van der Waals surface area contributed by atoms with Crippen molar-refractivity contribution in [2.24, 2.45) is 0 Å². The monoisotopic (exact) mass is 558 g/mol. The summed E-state index contributed by atoms with van der Waals surface area (Å²) in [4.78, 5) is 23.4. The standard InChI is InChI=1S/C23H26ClF3N6O5/c1-22(2,3)38-21(34)33-12-15(29-19-28-11-13-10-14(24)4-6-16(13)30-19)5-7-17(33)18-31-32-20(37-18)35-8-9-36-23(25,26)27/h4,6,10-11,15,17H,5,7-9,12H2,1-3H3,(H,28,29,30). The van der Waals surface area contributed by atoms with E-state index in [0.717, 1.165) is 5.39 Å². The molecular formula is C23H26ClF3N6O5. The maximum atomic E-state index is 13.1. The number of piperidine rings is 1. The second-order valence-electron chi connectivity index (χ2n) is 9.51. The number of nitrogens with one attached hydrogen (secondary N) is 1. The number of carbonyl (C=O) groups is 1. The zero-order valence-electron chi connectivity index (χ0n) is 20.8. The third-order valence-electron chi connectivity index (χ3n) is 5.37. The highest BCUT2D eigenvalue weighted by Gasteiger charge is 2.38. The number of rotatable bonds is 7. The van der Waals surface area contributed by atoms with Gasteiger partial charge >= 0.3 is 18.5 Å². The van der Waals surface area contributed by atoms with Crippen molar-refractivity contribution in [1.29, 1.82) is 0 Å². The topological polar surface area (TPSA) is 125 Å². The number of aromatic nitrogens is 4. The van der Waals surface area contributed by atoms with Crippen molar-refractivity contribution in [1.82, 2.24) is 25.1 Å². The summed E-state index contributed by atoms with van der Waals surface area (Å²) in [5.74, 6) is 0.460. The quantitative estimate of drug-likeness (QED) is 0.390. The molecule has 2 aromatic heterocycles. The second-order valence-corrected chi connectivity index (χ2v) is 9.95. The number of likely N-dealkylation sites (tertiary alicyclic amines) is 1. The number of ether oxygens (including phenoxy) is 3. The zero-order chi connectivity index (χ0) is 27.5. The Balaban J connectivity index is 1.45. The van der Waals surface area contributed by atoms with Crippen molar-refractivity contribution < 1.29 is 36.6 Å². The molecule has 2 unspecified atom stereocenters. The average molecular weight is 559 g/mol. The molecule has 1 aliphatic heterocycles. The van der Waals surface area contributed by atoms with Crippen LogP contribution >= 0.6 is 11.6 Å². The fourth-order valence-electron chi connectivity index (χ4n) is 3.82. The molecule has 11 nitrogen and oxygen atoms in total. The molecule has 1 fully saturated rings. The third-order valence-corrected chi connectivity index (χ3v) is 5.60. The number of hydrogen-bond donors (Lipinski definition) is 1. The summed E-state index contributed by atoms with van der Waals surface area (Å²) < 4.78 is 56.1. The predicted octanol–water partition coefficient (Wildman–Crippen LogP) is 5.13. The van der Waals surface area contributed by atoms with Crippen LogP contribution in [0.2, 0.25) is 5.02 Å². The van der Waals surface area contributed by atoms with Crippen LogP contribution in [-0.2, 0) is 9.47 Å². The number of carbonyl (C=O) groups excluding carboxylic acids is 1. The van der Waals surface area contributed by atoms with Gasteiger partial charge in [-0.3, -0.25) is 9.64 Å². The summed E-state index contributed by atoms with van der Waals surface area (Å²) in [5, 5.41) is 12.3. The van der Waals surface area contributed by atoms with Gasteiger partial charge in [-0.05, 0) is 51.8 Å². The van der Waals surface area contributed by atoms with Crippen LogP contribution < -0.4 is 10.1 Å². The maximum Gasteiger partial charge on any atom is 0.522 e. The van der Waals surface area contributed by atoms with Gasteiger partial charge in [-0.2, -0.15) is 0 Å².